The van der Waals surface area contributed by atoms with Gasteiger partial charge in [-0.05, 0) is 11.6 Å². The van der Waals surface area contributed by atoms with Gasteiger partial charge in [0, 0.05) is 24.8 Å². The van der Waals surface area contributed by atoms with Gasteiger partial charge in [-0.15, -0.1) is 5.92 Å². The Kier molecular flexibility index (Phi) is 2.43. The van der Waals surface area contributed by atoms with E-state index in [0.717, 1.165) is 17.7 Å². The van der Waals surface area contributed by atoms with Crippen molar-refractivity contribution in [2.75, 3.05) is 12.8 Å². The standard InChI is InChI=1S/C12H13NO/c1-14-8-11-10(9-4-2-5-9)6-3-7-12(11)13/h3,6-7,9H,4,8,13H2,1H3. The van der Waals surface area contributed by atoms with Crippen LogP contribution in [-0.2, 0) is 11.3 Å². The Balaban J connectivity index is 2.38. The van der Waals surface area contributed by atoms with Gasteiger partial charge in [0.15, 0.2) is 0 Å². The molecule has 0 heterocycles. The number of methoxy groups -OCH3 is 1. The average molecular weight is 187 g/mol. The Labute approximate surface area is 84.1 Å². The summed E-state index contributed by atoms with van der Waals surface area (Å²) in [5.41, 5.74) is 9.02. The fourth-order valence-corrected chi connectivity index (χ4v) is 1.65. The Hall–Kier alpha value is -1.46. The molecule has 0 aliphatic heterocycles. The molecule has 14 heavy (non-hydrogen) atoms. The second-order valence-corrected chi connectivity index (χ2v) is 3.43. The third kappa shape index (κ3) is 1.47. The van der Waals surface area contributed by atoms with E-state index >= 15 is 0 Å². The van der Waals surface area contributed by atoms with Crippen molar-refractivity contribution in [1.82, 2.24) is 0 Å². The molecule has 0 saturated heterocycles. The van der Waals surface area contributed by atoms with Crippen molar-refractivity contribution in [3.63, 3.8) is 0 Å². The molecule has 0 amide bonds. The third-order valence-electron chi connectivity index (χ3n) is 2.50. The zero-order valence-corrected chi connectivity index (χ0v) is 8.21. The van der Waals surface area contributed by atoms with E-state index < -0.39 is 0 Å². The van der Waals surface area contributed by atoms with Crippen molar-refractivity contribution in [3.8, 4) is 11.8 Å². The molecule has 2 nitrogen and oxygen atoms in total. The number of rotatable bonds is 3. The molecule has 0 saturated carbocycles. The average Bonchev–Trinajstić information content (AvgIpc) is 2.08. The summed E-state index contributed by atoms with van der Waals surface area (Å²) in [6, 6.07) is 5.97. The summed E-state index contributed by atoms with van der Waals surface area (Å²) >= 11 is 0. The summed E-state index contributed by atoms with van der Waals surface area (Å²) in [4.78, 5) is 0. The van der Waals surface area contributed by atoms with Crippen LogP contribution in [0, 0.1) is 11.8 Å². The largest absolute Gasteiger partial charge is 0.398 e. The van der Waals surface area contributed by atoms with Gasteiger partial charge >= 0.3 is 0 Å². The van der Waals surface area contributed by atoms with Crippen LogP contribution in [-0.4, -0.2) is 7.11 Å². The molecule has 0 spiro atoms. The first kappa shape index (κ1) is 9.11. The minimum absolute atomic E-state index is 0.364. The Morgan fingerprint density at radius 2 is 2.36 bits per heavy atom. The van der Waals surface area contributed by atoms with Crippen molar-refractivity contribution < 1.29 is 4.74 Å². The topological polar surface area (TPSA) is 35.2 Å². The smallest absolute Gasteiger partial charge is 0.0736 e. The van der Waals surface area contributed by atoms with Crippen LogP contribution in [0.3, 0.4) is 0 Å². The minimum atomic E-state index is 0.364. The number of anilines is 1. The van der Waals surface area contributed by atoms with E-state index in [9.17, 15) is 0 Å². The molecule has 1 aromatic rings. The number of benzene rings is 1. The van der Waals surface area contributed by atoms with Gasteiger partial charge in [0.25, 0.3) is 0 Å². The predicted octanol–water partition coefficient (Wildman–Crippen LogP) is 1.91. The fourth-order valence-electron chi connectivity index (χ4n) is 1.65. The first-order valence-electron chi connectivity index (χ1n) is 4.67. The lowest BCUT2D eigenvalue weighted by Gasteiger charge is -2.18. The van der Waals surface area contributed by atoms with Gasteiger partial charge in [0.05, 0.1) is 12.5 Å². The summed E-state index contributed by atoms with van der Waals surface area (Å²) in [5.74, 6) is 6.51. The highest BCUT2D eigenvalue weighted by Crippen LogP contribution is 2.30. The van der Waals surface area contributed by atoms with Crippen LogP contribution in [0.5, 0.6) is 0 Å². The van der Waals surface area contributed by atoms with E-state index in [1.807, 2.05) is 12.1 Å². The number of nitrogens with two attached hydrogens (primary N) is 1. The second kappa shape index (κ2) is 3.73. The first-order valence-corrected chi connectivity index (χ1v) is 4.67. The third-order valence-corrected chi connectivity index (χ3v) is 2.50. The molecule has 2 heteroatoms. The number of nitrogen functional groups attached to an aromatic ring is 1. The van der Waals surface area contributed by atoms with Crippen molar-refractivity contribution in [3.05, 3.63) is 29.3 Å². The maximum atomic E-state index is 5.90. The van der Waals surface area contributed by atoms with E-state index in [2.05, 4.69) is 17.9 Å². The molecule has 1 unspecified atom stereocenters. The lowest BCUT2D eigenvalue weighted by Crippen LogP contribution is -2.08. The maximum Gasteiger partial charge on any atom is 0.0736 e. The molecule has 1 atom stereocenters. The van der Waals surface area contributed by atoms with Gasteiger partial charge in [0.2, 0.25) is 0 Å². The van der Waals surface area contributed by atoms with Gasteiger partial charge in [0.1, 0.15) is 0 Å². The predicted molar refractivity (Wildman–Crippen MR) is 56.7 cm³/mol. The Morgan fingerprint density at radius 3 is 2.93 bits per heavy atom. The van der Waals surface area contributed by atoms with Gasteiger partial charge in [-0.25, -0.2) is 0 Å². The van der Waals surface area contributed by atoms with Gasteiger partial charge < -0.3 is 10.5 Å². The Morgan fingerprint density at radius 1 is 1.57 bits per heavy atom. The molecule has 1 aromatic carbocycles. The number of ether oxygens (including phenoxy) is 1. The van der Waals surface area contributed by atoms with E-state index in [4.69, 9.17) is 10.5 Å². The molecule has 72 valence electrons. The van der Waals surface area contributed by atoms with Crippen LogP contribution in [0.25, 0.3) is 0 Å². The van der Waals surface area contributed by atoms with Gasteiger partial charge in [-0.3, -0.25) is 0 Å². The zero-order valence-electron chi connectivity index (χ0n) is 8.21. The summed E-state index contributed by atoms with van der Waals surface area (Å²) in [6.07, 6.45) is 0.945. The van der Waals surface area contributed by atoms with Gasteiger partial charge in [-0.2, -0.15) is 0 Å². The molecule has 1 aliphatic carbocycles. The maximum absolute atomic E-state index is 5.90. The summed E-state index contributed by atoms with van der Waals surface area (Å²) in [5, 5.41) is 0. The second-order valence-electron chi connectivity index (χ2n) is 3.43. The highest BCUT2D eigenvalue weighted by atomic mass is 16.5. The van der Waals surface area contributed by atoms with Crippen LogP contribution >= 0.6 is 0 Å². The van der Waals surface area contributed by atoms with Crippen LogP contribution in [0.1, 0.15) is 23.5 Å². The Bertz CT molecular complexity index is 401. The fraction of sp³-hybridized carbons (Fsp3) is 0.333. The lowest BCUT2D eigenvalue weighted by atomic mass is 9.87. The van der Waals surface area contributed by atoms with E-state index in [-0.39, 0.29) is 0 Å². The summed E-state index contributed by atoms with van der Waals surface area (Å²) in [6.45, 7) is 0.570. The molecule has 0 radical (unpaired) electrons. The van der Waals surface area contributed by atoms with E-state index in [0.29, 0.717) is 12.5 Å². The van der Waals surface area contributed by atoms with Gasteiger partial charge in [-0.1, -0.05) is 18.1 Å². The van der Waals surface area contributed by atoms with Crippen molar-refractivity contribution in [2.24, 2.45) is 0 Å². The summed E-state index contributed by atoms with van der Waals surface area (Å²) in [7, 11) is 1.68. The van der Waals surface area contributed by atoms with Crippen LogP contribution < -0.4 is 5.73 Å². The highest BCUT2D eigenvalue weighted by Gasteiger charge is 2.17. The monoisotopic (exact) mass is 187 g/mol. The lowest BCUT2D eigenvalue weighted by molar-refractivity contribution is 0.184. The molecule has 2 rings (SSSR count). The molecular weight excluding hydrogens is 174 g/mol. The highest BCUT2D eigenvalue weighted by molar-refractivity contribution is 5.54. The van der Waals surface area contributed by atoms with Crippen LogP contribution in [0.15, 0.2) is 18.2 Å². The minimum Gasteiger partial charge on any atom is -0.398 e. The molecule has 1 aliphatic rings. The zero-order chi connectivity index (χ0) is 9.97. The van der Waals surface area contributed by atoms with Crippen LogP contribution in [0.4, 0.5) is 5.69 Å². The molecule has 0 bridgehead atoms. The van der Waals surface area contributed by atoms with E-state index in [1.54, 1.807) is 7.11 Å². The van der Waals surface area contributed by atoms with Crippen LogP contribution in [0.2, 0.25) is 0 Å². The SMILES string of the molecule is COCc1c(N)cccc1C1C#CC1. The van der Waals surface area contributed by atoms with Crippen molar-refractivity contribution in [2.45, 2.75) is 18.9 Å². The van der Waals surface area contributed by atoms with E-state index in [1.165, 1.54) is 5.56 Å². The molecular formula is C12H13NO. The van der Waals surface area contributed by atoms with Crippen molar-refractivity contribution >= 4 is 5.69 Å². The number of hydrogen-bond acceptors (Lipinski definition) is 2. The quantitative estimate of drug-likeness (QED) is 0.579. The molecule has 0 aromatic heterocycles. The normalized spacial score (nSPS) is 18.2. The number of hydrogen-bond donors (Lipinski definition) is 1. The van der Waals surface area contributed by atoms with Crippen molar-refractivity contribution in [1.29, 1.82) is 0 Å². The molecule has 0 fully saturated rings. The molecule has 2 N–H and O–H groups in total. The first-order chi connectivity index (χ1) is 6.83. The summed E-state index contributed by atoms with van der Waals surface area (Å²) < 4.78 is 5.14.